The monoisotopic (exact) mass is 191 g/mol. The Bertz CT molecular complexity index is 371. The lowest BCUT2D eigenvalue weighted by Crippen LogP contribution is -2.06. The minimum Gasteiger partial charge on any atom is -0.504 e. The molecule has 2 N–H and O–H groups in total. The summed E-state index contributed by atoms with van der Waals surface area (Å²) in [7, 11) is 1.64. The highest BCUT2D eigenvalue weighted by atomic mass is 16.3. The highest BCUT2D eigenvalue weighted by molar-refractivity contribution is 6.12. The Kier molecular flexibility index (Phi) is 3.29. The van der Waals surface area contributed by atoms with Crippen LogP contribution < -0.4 is 0 Å². The molecular weight excluding hydrogens is 178 g/mol. The van der Waals surface area contributed by atoms with E-state index in [1.807, 2.05) is 25.2 Å². The maximum absolute atomic E-state index is 9.28. The van der Waals surface area contributed by atoms with Gasteiger partial charge in [0.25, 0.3) is 0 Å². The molecule has 0 spiro atoms. The molecule has 14 heavy (non-hydrogen) atoms. The first-order chi connectivity index (χ1) is 6.69. The van der Waals surface area contributed by atoms with Crippen molar-refractivity contribution < 1.29 is 10.2 Å². The summed E-state index contributed by atoms with van der Waals surface area (Å²) < 4.78 is 0. The van der Waals surface area contributed by atoms with Crippen LogP contribution in [0.25, 0.3) is 0 Å². The second-order valence-corrected chi connectivity index (χ2v) is 2.82. The average molecular weight is 191 g/mol. The molecule has 0 saturated heterocycles. The number of hydrogen-bond donors (Lipinski definition) is 2. The van der Waals surface area contributed by atoms with Crippen molar-refractivity contribution in [3.8, 4) is 0 Å². The lowest BCUT2D eigenvalue weighted by Gasteiger charge is -2.09. The minimum absolute atomic E-state index is 0.131. The van der Waals surface area contributed by atoms with Crippen LogP contribution in [0, 0.1) is 0 Å². The van der Waals surface area contributed by atoms with E-state index in [9.17, 15) is 10.2 Å². The van der Waals surface area contributed by atoms with Crippen molar-refractivity contribution in [2.75, 3.05) is 7.05 Å². The number of aliphatic hydroxyl groups is 2. The molecule has 0 radical (unpaired) electrons. The van der Waals surface area contributed by atoms with Crippen LogP contribution in [0.15, 0.2) is 52.5 Å². The van der Waals surface area contributed by atoms with Crippen molar-refractivity contribution in [2.45, 2.75) is 6.92 Å². The van der Waals surface area contributed by atoms with Gasteiger partial charge in [-0.1, -0.05) is 18.2 Å². The first-order valence-electron chi connectivity index (χ1n) is 4.31. The van der Waals surface area contributed by atoms with Crippen LogP contribution in [-0.4, -0.2) is 23.0 Å². The molecule has 0 atom stereocenters. The molecule has 3 heteroatoms. The molecule has 0 aromatic rings. The number of aliphatic imine (C=N–C) groups is 1. The third-order valence-electron chi connectivity index (χ3n) is 1.83. The van der Waals surface area contributed by atoms with E-state index < -0.39 is 0 Å². The summed E-state index contributed by atoms with van der Waals surface area (Å²) in [4.78, 5) is 3.99. The van der Waals surface area contributed by atoms with Crippen molar-refractivity contribution in [3.63, 3.8) is 0 Å². The van der Waals surface area contributed by atoms with Crippen LogP contribution in [0.1, 0.15) is 6.92 Å². The number of rotatable bonds is 1. The van der Waals surface area contributed by atoms with Gasteiger partial charge < -0.3 is 10.2 Å². The minimum atomic E-state index is -0.150. The molecular formula is C11H13NO2. The van der Waals surface area contributed by atoms with Gasteiger partial charge in [0.05, 0.1) is 5.71 Å². The lowest BCUT2D eigenvalue weighted by atomic mass is 10.0. The number of allylic oxidation sites excluding steroid dienone is 6. The molecule has 0 unspecified atom stereocenters. The Morgan fingerprint density at radius 3 is 2.43 bits per heavy atom. The van der Waals surface area contributed by atoms with Gasteiger partial charge in [0.1, 0.15) is 0 Å². The van der Waals surface area contributed by atoms with Crippen LogP contribution in [0.3, 0.4) is 0 Å². The first kappa shape index (κ1) is 10.3. The molecule has 0 amide bonds. The Morgan fingerprint density at radius 2 is 1.86 bits per heavy atom. The topological polar surface area (TPSA) is 52.8 Å². The van der Waals surface area contributed by atoms with E-state index in [1.165, 1.54) is 12.2 Å². The first-order valence-corrected chi connectivity index (χ1v) is 4.31. The summed E-state index contributed by atoms with van der Waals surface area (Å²) in [6.07, 6.45) is 8.47. The molecule has 0 aromatic carbocycles. The fourth-order valence-electron chi connectivity index (χ4n) is 1.11. The summed E-state index contributed by atoms with van der Waals surface area (Å²) in [5.41, 5.74) is 1.43. The van der Waals surface area contributed by atoms with Crippen LogP contribution in [0.2, 0.25) is 0 Å². The zero-order valence-electron chi connectivity index (χ0n) is 8.23. The SMILES string of the molecule is C\C=C/C=C1/C=C(O)C(O)=C/C1=N\C. The maximum atomic E-state index is 9.28. The molecule has 0 heterocycles. The fraction of sp³-hybridized carbons (Fsp3) is 0.182. The smallest absolute Gasteiger partial charge is 0.159 e. The van der Waals surface area contributed by atoms with E-state index in [-0.39, 0.29) is 11.5 Å². The van der Waals surface area contributed by atoms with Gasteiger partial charge >= 0.3 is 0 Å². The molecule has 1 aliphatic carbocycles. The van der Waals surface area contributed by atoms with Crippen LogP contribution in [-0.2, 0) is 0 Å². The molecule has 1 rings (SSSR count). The van der Waals surface area contributed by atoms with Crippen molar-refractivity contribution in [3.05, 3.63) is 47.5 Å². The van der Waals surface area contributed by atoms with E-state index in [2.05, 4.69) is 4.99 Å². The standard InChI is InChI=1S/C11H13NO2/c1-3-4-5-8-6-10(13)11(14)7-9(8)12-2/h3-7,13-14H,1-2H3/b4-3-,8-5-,12-9+. The van der Waals surface area contributed by atoms with Gasteiger partial charge in [-0.15, -0.1) is 0 Å². The van der Waals surface area contributed by atoms with Crippen molar-refractivity contribution in [1.29, 1.82) is 0 Å². The van der Waals surface area contributed by atoms with Crippen molar-refractivity contribution in [2.24, 2.45) is 4.99 Å². The Hall–Kier alpha value is -1.77. The lowest BCUT2D eigenvalue weighted by molar-refractivity contribution is 0.326. The van der Waals surface area contributed by atoms with E-state index >= 15 is 0 Å². The molecule has 0 aliphatic heterocycles. The Labute approximate surface area is 83.1 Å². The molecule has 0 saturated carbocycles. The van der Waals surface area contributed by atoms with Crippen molar-refractivity contribution in [1.82, 2.24) is 0 Å². The van der Waals surface area contributed by atoms with Gasteiger partial charge in [-0.3, -0.25) is 4.99 Å². The molecule has 0 aromatic heterocycles. The quantitative estimate of drug-likeness (QED) is 0.668. The third kappa shape index (κ3) is 2.13. The highest BCUT2D eigenvalue weighted by Crippen LogP contribution is 2.17. The fourth-order valence-corrected chi connectivity index (χ4v) is 1.11. The van der Waals surface area contributed by atoms with Gasteiger partial charge in [0.15, 0.2) is 11.5 Å². The predicted octanol–water partition coefficient (Wildman–Crippen LogP) is 2.46. The van der Waals surface area contributed by atoms with Gasteiger partial charge in [0, 0.05) is 18.7 Å². The number of aliphatic hydroxyl groups excluding tert-OH is 2. The zero-order valence-corrected chi connectivity index (χ0v) is 8.23. The zero-order chi connectivity index (χ0) is 10.6. The Balaban J connectivity index is 3.10. The van der Waals surface area contributed by atoms with E-state index in [0.717, 1.165) is 5.57 Å². The normalized spacial score (nSPS) is 23.0. The second kappa shape index (κ2) is 4.46. The van der Waals surface area contributed by atoms with Crippen molar-refractivity contribution >= 4 is 5.71 Å². The highest BCUT2D eigenvalue weighted by Gasteiger charge is 2.12. The maximum Gasteiger partial charge on any atom is 0.159 e. The van der Waals surface area contributed by atoms with E-state index in [4.69, 9.17) is 0 Å². The third-order valence-corrected chi connectivity index (χ3v) is 1.83. The van der Waals surface area contributed by atoms with Crippen LogP contribution in [0.4, 0.5) is 0 Å². The number of hydrogen-bond acceptors (Lipinski definition) is 3. The van der Waals surface area contributed by atoms with E-state index in [0.29, 0.717) is 5.71 Å². The van der Waals surface area contributed by atoms with Gasteiger partial charge in [-0.25, -0.2) is 0 Å². The van der Waals surface area contributed by atoms with Gasteiger partial charge in [-0.05, 0) is 13.0 Å². The second-order valence-electron chi connectivity index (χ2n) is 2.82. The summed E-state index contributed by atoms with van der Waals surface area (Å²) >= 11 is 0. The molecule has 3 nitrogen and oxygen atoms in total. The summed E-state index contributed by atoms with van der Waals surface area (Å²) in [5, 5.41) is 18.5. The molecule has 74 valence electrons. The molecule has 0 bridgehead atoms. The molecule has 1 aliphatic rings. The largest absolute Gasteiger partial charge is 0.504 e. The van der Waals surface area contributed by atoms with Crippen LogP contribution in [0.5, 0.6) is 0 Å². The predicted molar refractivity (Wildman–Crippen MR) is 57.7 cm³/mol. The average Bonchev–Trinajstić information content (AvgIpc) is 2.19. The molecule has 0 fully saturated rings. The summed E-state index contributed by atoms with van der Waals surface area (Å²) in [6.45, 7) is 1.90. The number of nitrogens with zero attached hydrogens (tertiary/aromatic N) is 1. The Morgan fingerprint density at radius 1 is 1.21 bits per heavy atom. The van der Waals surface area contributed by atoms with Gasteiger partial charge in [-0.2, -0.15) is 0 Å². The van der Waals surface area contributed by atoms with Crippen LogP contribution >= 0.6 is 0 Å². The van der Waals surface area contributed by atoms with E-state index in [1.54, 1.807) is 7.05 Å². The summed E-state index contributed by atoms with van der Waals surface area (Å²) in [6, 6.07) is 0. The van der Waals surface area contributed by atoms with Gasteiger partial charge in [0.2, 0.25) is 0 Å². The summed E-state index contributed by atoms with van der Waals surface area (Å²) in [5.74, 6) is -0.281.